The van der Waals surface area contributed by atoms with Crippen LogP contribution in [0.5, 0.6) is 0 Å². The quantitative estimate of drug-likeness (QED) is 0.592. The molecule has 19 heavy (non-hydrogen) atoms. The summed E-state index contributed by atoms with van der Waals surface area (Å²) >= 11 is 0. The Labute approximate surface area is 108 Å². The molecule has 0 aliphatic heterocycles. The van der Waals surface area contributed by atoms with Crippen molar-refractivity contribution in [1.29, 1.82) is 0 Å². The van der Waals surface area contributed by atoms with E-state index in [4.69, 9.17) is 9.84 Å². The van der Waals surface area contributed by atoms with Crippen LogP contribution in [0.4, 0.5) is 11.4 Å². The first-order valence-electron chi connectivity index (χ1n) is 5.26. The number of rotatable bonds is 6. The lowest BCUT2D eigenvalue weighted by molar-refractivity contribution is -0.384. The van der Waals surface area contributed by atoms with Gasteiger partial charge >= 0.3 is 5.97 Å². The Bertz CT molecular complexity index is 514. The Morgan fingerprint density at radius 2 is 2.16 bits per heavy atom. The van der Waals surface area contributed by atoms with Crippen LogP contribution in [0.1, 0.15) is 16.8 Å². The average molecular weight is 268 g/mol. The number of non-ortho nitro benzene ring substituents is 1. The Balaban J connectivity index is 3.01. The molecule has 0 radical (unpaired) electrons. The van der Waals surface area contributed by atoms with E-state index in [0.29, 0.717) is 0 Å². The lowest BCUT2D eigenvalue weighted by Crippen LogP contribution is -2.16. The van der Waals surface area contributed by atoms with Gasteiger partial charge in [0.05, 0.1) is 29.2 Å². The largest absolute Gasteiger partial charge is 0.478 e. The van der Waals surface area contributed by atoms with Crippen molar-refractivity contribution in [3.63, 3.8) is 0 Å². The van der Waals surface area contributed by atoms with E-state index in [1.165, 1.54) is 7.11 Å². The number of hydrogen-bond donors (Lipinski definition) is 2. The first-order chi connectivity index (χ1) is 8.95. The van der Waals surface area contributed by atoms with Gasteiger partial charge in [-0.2, -0.15) is 0 Å². The number of carbonyl (C=O) groups excluding carboxylic acids is 1. The molecule has 0 aromatic heterocycles. The van der Waals surface area contributed by atoms with E-state index in [-0.39, 0.29) is 30.0 Å². The number of methoxy groups -OCH3 is 1. The van der Waals surface area contributed by atoms with Gasteiger partial charge in [-0.1, -0.05) is 0 Å². The Kier molecular flexibility index (Phi) is 4.95. The first kappa shape index (κ1) is 14.6. The molecular weight excluding hydrogens is 256 g/mol. The smallest absolute Gasteiger partial charge is 0.337 e. The number of carboxylic acids is 1. The highest BCUT2D eigenvalue weighted by Gasteiger charge is 2.16. The van der Waals surface area contributed by atoms with Gasteiger partial charge < -0.3 is 15.2 Å². The van der Waals surface area contributed by atoms with Gasteiger partial charge in [-0.3, -0.25) is 14.9 Å². The van der Waals surface area contributed by atoms with Gasteiger partial charge in [0.1, 0.15) is 0 Å². The molecule has 0 aliphatic rings. The molecule has 0 spiro atoms. The number of amides is 1. The number of nitrogens with one attached hydrogen (secondary N) is 1. The second-order valence-corrected chi connectivity index (χ2v) is 3.58. The van der Waals surface area contributed by atoms with Gasteiger partial charge in [0, 0.05) is 19.2 Å². The highest BCUT2D eigenvalue weighted by Crippen LogP contribution is 2.22. The zero-order valence-corrected chi connectivity index (χ0v) is 10.1. The summed E-state index contributed by atoms with van der Waals surface area (Å²) in [5, 5.41) is 21.9. The van der Waals surface area contributed by atoms with Crippen LogP contribution in [0.3, 0.4) is 0 Å². The minimum atomic E-state index is -1.28. The fraction of sp³-hybridized carbons (Fsp3) is 0.273. The molecule has 0 saturated carbocycles. The number of hydrogen-bond acceptors (Lipinski definition) is 5. The van der Waals surface area contributed by atoms with Crippen LogP contribution in [0.2, 0.25) is 0 Å². The lowest BCUT2D eigenvalue weighted by Gasteiger charge is -2.08. The number of aromatic carboxylic acids is 1. The van der Waals surface area contributed by atoms with Crippen molar-refractivity contribution in [1.82, 2.24) is 0 Å². The van der Waals surface area contributed by atoms with Crippen molar-refractivity contribution in [2.24, 2.45) is 0 Å². The van der Waals surface area contributed by atoms with Gasteiger partial charge in [0.15, 0.2) is 0 Å². The number of anilines is 1. The summed E-state index contributed by atoms with van der Waals surface area (Å²) in [5.41, 5.74) is -0.619. The molecule has 1 amide bonds. The second-order valence-electron chi connectivity index (χ2n) is 3.58. The van der Waals surface area contributed by atoms with Gasteiger partial charge in [-0.05, 0) is 6.07 Å². The standard InChI is InChI=1S/C11H12N2O6/c1-19-5-4-10(14)12-9-6-7(13(17)18)2-3-8(9)11(15)16/h2-3,6H,4-5H2,1H3,(H,12,14)(H,15,16). The maximum Gasteiger partial charge on any atom is 0.337 e. The number of carboxylic acid groups (broad SMARTS) is 1. The summed E-state index contributed by atoms with van der Waals surface area (Å²) in [4.78, 5) is 32.4. The summed E-state index contributed by atoms with van der Waals surface area (Å²) in [7, 11) is 1.42. The Hall–Kier alpha value is -2.48. The first-order valence-corrected chi connectivity index (χ1v) is 5.26. The van der Waals surface area contributed by atoms with Gasteiger partial charge in [0.2, 0.25) is 5.91 Å². The van der Waals surface area contributed by atoms with Crippen LogP contribution in [0, 0.1) is 10.1 Å². The topological polar surface area (TPSA) is 119 Å². The minimum Gasteiger partial charge on any atom is -0.478 e. The fourth-order valence-electron chi connectivity index (χ4n) is 1.34. The van der Waals surface area contributed by atoms with Crippen molar-refractivity contribution in [3.8, 4) is 0 Å². The minimum absolute atomic E-state index is 0.0260. The van der Waals surface area contributed by atoms with Gasteiger partial charge in [-0.25, -0.2) is 4.79 Å². The van der Waals surface area contributed by atoms with Crippen LogP contribution in [0.25, 0.3) is 0 Å². The number of nitro groups is 1. The zero-order valence-electron chi connectivity index (χ0n) is 10.1. The molecular formula is C11H12N2O6. The number of nitro benzene ring substituents is 1. The predicted molar refractivity (Wildman–Crippen MR) is 65.2 cm³/mol. The number of nitrogens with zero attached hydrogens (tertiary/aromatic N) is 1. The van der Waals surface area contributed by atoms with E-state index in [1.54, 1.807) is 0 Å². The summed E-state index contributed by atoms with van der Waals surface area (Å²) in [5.74, 6) is -1.76. The molecule has 1 aromatic carbocycles. The summed E-state index contributed by atoms with van der Waals surface area (Å²) < 4.78 is 4.70. The van der Waals surface area contributed by atoms with E-state index < -0.39 is 16.8 Å². The summed E-state index contributed by atoms with van der Waals surface area (Å²) in [6, 6.07) is 3.15. The molecule has 0 fully saturated rings. The lowest BCUT2D eigenvalue weighted by atomic mass is 10.1. The van der Waals surface area contributed by atoms with Gasteiger partial charge in [-0.15, -0.1) is 0 Å². The third-order valence-corrected chi connectivity index (χ3v) is 2.25. The molecule has 1 rings (SSSR count). The maximum atomic E-state index is 11.5. The molecule has 8 nitrogen and oxygen atoms in total. The Morgan fingerprint density at radius 1 is 1.47 bits per heavy atom. The average Bonchev–Trinajstić information content (AvgIpc) is 2.35. The van der Waals surface area contributed by atoms with E-state index >= 15 is 0 Å². The van der Waals surface area contributed by atoms with Crippen LogP contribution in [-0.2, 0) is 9.53 Å². The van der Waals surface area contributed by atoms with Gasteiger partial charge in [0.25, 0.3) is 5.69 Å². The third-order valence-electron chi connectivity index (χ3n) is 2.25. The van der Waals surface area contributed by atoms with Crippen LogP contribution >= 0.6 is 0 Å². The Morgan fingerprint density at radius 3 is 2.68 bits per heavy atom. The van der Waals surface area contributed by atoms with Crippen molar-refractivity contribution in [2.45, 2.75) is 6.42 Å². The summed E-state index contributed by atoms with van der Waals surface area (Å²) in [6.07, 6.45) is 0.0260. The van der Waals surface area contributed by atoms with E-state index in [0.717, 1.165) is 18.2 Å². The number of carbonyl (C=O) groups is 2. The fourth-order valence-corrected chi connectivity index (χ4v) is 1.34. The van der Waals surface area contributed by atoms with Crippen molar-refractivity contribution in [2.75, 3.05) is 19.0 Å². The highest BCUT2D eigenvalue weighted by atomic mass is 16.6. The molecule has 0 heterocycles. The summed E-state index contributed by atoms with van der Waals surface area (Å²) in [6.45, 7) is 0.170. The van der Waals surface area contributed by atoms with Crippen molar-refractivity contribution in [3.05, 3.63) is 33.9 Å². The predicted octanol–water partition coefficient (Wildman–Crippen LogP) is 1.27. The molecule has 8 heteroatoms. The van der Waals surface area contributed by atoms with Crippen LogP contribution in [-0.4, -0.2) is 35.6 Å². The zero-order chi connectivity index (χ0) is 14.4. The molecule has 0 unspecified atom stereocenters. The van der Waals surface area contributed by atoms with Crippen LogP contribution < -0.4 is 5.32 Å². The molecule has 102 valence electrons. The maximum absolute atomic E-state index is 11.5. The second kappa shape index (κ2) is 6.45. The molecule has 2 N–H and O–H groups in total. The SMILES string of the molecule is COCCC(=O)Nc1cc([N+](=O)[O-])ccc1C(=O)O. The van der Waals surface area contributed by atoms with Crippen molar-refractivity contribution < 1.29 is 24.4 Å². The third kappa shape index (κ3) is 4.03. The van der Waals surface area contributed by atoms with Crippen LogP contribution in [0.15, 0.2) is 18.2 Å². The molecule has 0 bridgehead atoms. The highest BCUT2D eigenvalue weighted by molar-refractivity contribution is 6.01. The number of ether oxygens (including phenoxy) is 1. The molecule has 0 atom stereocenters. The van der Waals surface area contributed by atoms with E-state index in [1.807, 2.05) is 0 Å². The molecule has 0 saturated heterocycles. The number of benzene rings is 1. The normalized spacial score (nSPS) is 9.95. The molecule has 1 aromatic rings. The monoisotopic (exact) mass is 268 g/mol. The van der Waals surface area contributed by atoms with E-state index in [9.17, 15) is 19.7 Å². The molecule has 0 aliphatic carbocycles. The van der Waals surface area contributed by atoms with E-state index in [2.05, 4.69) is 5.32 Å². The van der Waals surface area contributed by atoms with Crippen molar-refractivity contribution >= 4 is 23.3 Å².